The van der Waals surface area contributed by atoms with Crippen molar-refractivity contribution in [3.8, 4) is 0 Å². The maximum absolute atomic E-state index is 12.7. The summed E-state index contributed by atoms with van der Waals surface area (Å²) in [6, 6.07) is 9.97. The number of anilines is 1. The monoisotopic (exact) mass is 408 g/mol. The van der Waals surface area contributed by atoms with Gasteiger partial charge >= 0.3 is 5.97 Å². The maximum Gasteiger partial charge on any atom is 0.339 e. The van der Waals surface area contributed by atoms with E-state index in [1.165, 1.54) is 30.2 Å². The lowest BCUT2D eigenvalue weighted by Crippen LogP contribution is -2.25. The third kappa shape index (κ3) is 3.92. The van der Waals surface area contributed by atoms with Gasteiger partial charge in [-0.1, -0.05) is 12.1 Å². The second-order valence-corrected chi connectivity index (χ2v) is 7.90. The summed E-state index contributed by atoms with van der Waals surface area (Å²) in [5, 5.41) is 11.5. The van der Waals surface area contributed by atoms with Gasteiger partial charge in [0.15, 0.2) is 6.10 Å². The van der Waals surface area contributed by atoms with E-state index in [9.17, 15) is 19.7 Å². The van der Waals surface area contributed by atoms with Crippen LogP contribution in [0.15, 0.2) is 36.4 Å². The summed E-state index contributed by atoms with van der Waals surface area (Å²) in [6.45, 7) is 3.05. The van der Waals surface area contributed by atoms with E-state index in [-0.39, 0.29) is 17.0 Å². The van der Waals surface area contributed by atoms with Gasteiger partial charge in [0, 0.05) is 24.7 Å². The normalized spacial score (nSPS) is 16.2. The molecule has 1 atom stereocenters. The first-order chi connectivity index (χ1) is 14.4. The first kappa shape index (κ1) is 20.1. The Kier molecular flexibility index (Phi) is 5.53. The number of ether oxygens (including phenoxy) is 1. The second-order valence-electron chi connectivity index (χ2n) is 7.90. The van der Waals surface area contributed by atoms with Gasteiger partial charge < -0.3 is 9.64 Å². The summed E-state index contributed by atoms with van der Waals surface area (Å²) in [5.41, 5.74) is 3.42. The van der Waals surface area contributed by atoms with E-state index in [4.69, 9.17) is 4.74 Å². The van der Waals surface area contributed by atoms with E-state index in [1.54, 1.807) is 12.1 Å². The fourth-order valence-corrected chi connectivity index (χ4v) is 4.26. The van der Waals surface area contributed by atoms with Crippen molar-refractivity contribution >= 4 is 23.1 Å². The summed E-state index contributed by atoms with van der Waals surface area (Å²) in [7, 11) is 0. The molecular formula is C23H24N2O5. The average Bonchev–Trinajstić information content (AvgIpc) is 3.43. The highest BCUT2D eigenvalue weighted by Crippen LogP contribution is 2.32. The Morgan fingerprint density at radius 1 is 1.00 bits per heavy atom. The summed E-state index contributed by atoms with van der Waals surface area (Å²) < 4.78 is 5.35. The van der Waals surface area contributed by atoms with Crippen LogP contribution in [0.5, 0.6) is 0 Å². The lowest BCUT2D eigenvalue weighted by Gasteiger charge is -2.18. The third-order valence-corrected chi connectivity index (χ3v) is 5.89. The standard InChI is InChI=1S/C23H24N2O5/c1-15(22(26)18-8-7-16-5-4-6-17(16)13-18)30-23(27)19-9-10-20(21(14-19)25(28)29)24-11-2-3-12-24/h7-10,13-15H,2-6,11-12H2,1H3/t15-/m1/s1. The number of ketones is 1. The molecule has 2 aliphatic rings. The van der Waals surface area contributed by atoms with E-state index < -0.39 is 17.0 Å². The molecule has 1 heterocycles. The van der Waals surface area contributed by atoms with Crippen molar-refractivity contribution in [2.75, 3.05) is 18.0 Å². The van der Waals surface area contributed by atoms with Crippen molar-refractivity contribution < 1.29 is 19.2 Å². The van der Waals surface area contributed by atoms with E-state index in [0.717, 1.165) is 45.2 Å². The Labute approximate surface area is 174 Å². The largest absolute Gasteiger partial charge is 0.451 e. The highest BCUT2D eigenvalue weighted by atomic mass is 16.6. The molecule has 2 aromatic carbocycles. The molecule has 30 heavy (non-hydrogen) atoms. The number of esters is 1. The Morgan fingerprint density at radius 2 is 1.70 bits per heavy atom. The van der Waals surface area contributed by atoms with Gasteiger partial charge in [0.25, 0.3) is 5.69 Å². The van der Waals surface area contributed by atoms with Gasteiger partial charge in [-0.05, 0) is 68.4 Å². The van der Waals surface area contributed by atoms with Crippen LogP contribution in [0.2, 0.25) is 0 Å². The number of rotatable bonds is 6. The number of fused-ring (bicyclic) bond motifs is 1. The molecule has 1 aliphatic carbocycles. The molecule has 1 aliphatic heterocycles. The van der Waals surface area contributed by atoms with Gasteiger partial charge in [0.1, 0.15) is 5.69 Å². The van der Waals surface area contributed by atoms with Gasteiger partial charge in [0.2, 0.25) is 5.78 Å². The number of nitro benzene ring substituents is 1. The topological polar surface area (TPSA) is 89.8 Å². The number of hydrogen-bond donors (Lipinski definition) is 0. The van der Waals surface area contributed by atoms with E-state index >= 15 is 0 Å². The Bertz CT molecular complexity index is 1010. The highest BCUT2D eigenvalue weighted by molar-refractivity contribution is 6.01. The molecule has 0 N–H and O–H groups in total. The lowest BCUT2D eigenvalue weighted by molar-refractivity contribution is -0.384. The quantitative estimate of drug-likeness (QED) is 0.309. The van der Waals surface area contributed by atoms with Crippen LogP contribution in [0.3, 0.4) is 0 Å². The predicted octanol–water partition coefficient (Wildman–Crippen LogP) is 4.11. The molecule has 0 amide bonds. The van der Waals surface area contributed by atoms with Crippen LogP contribution in [-0.2, 0) is 17.6 Å². The molecule has 0 bridgehead atoms. The minimum atomic E-state index is -0.978. The number of hydrogen-bond acceptors (Lipinski definition) is 6. The molecule has 1 fully saturated rings. The molecule has 7 nitrogen and oxygen atoms in total. The van der Waals surface area contributed by atoms with Crippen LogP contribution in [-0.4, -0.2) is 35.9 Å². The fourth-order valence-electron chi connectivity index (χ4n) is 4.26. The number of benzene rings is 2. The molecule has 0 saturated carbocycles. The summed E-state index contributed by atoms with van der Waals surface area (Å²) in [5.74, 6) is -1.02. The van der Waals surface area contributed by atoms with Crippen LogP contribution in [0, 0.1) is 10.1 Å². The van der Waals surface area contributed by atoms with Crippen LogP contribution in [0.4, 0.5) is 11.4 Å². The van der Waals surface area contributed by atoms with Crippen molar-refractivity contribution in [2.24, 2.45) is 0 Å². The molecule has 0 spiro atoms. The molecule has 1 saturated heterocycles. The van der Waals surface area contributed by atoms with Gasteiger partial charge in [-0.3, -0.25) is 14.9 Å². The number of aryl methyl sites for hydroxylation is 2. The number of carbonyl (C=O) groups is 2. The molecule has 0 unspecified atom stereocenters. The minimum Gasteiger partial charge on any atom is -0.451 e. The average molecular weight is 408 g/mol. The molecule has 4 rings (SSSR count). The van der Waals surface area contributed by atoms with Crippen molar-refractivity contribution in [3.05, 3.63) is 68.8 Å². The molecule has 0 radical (unpaired) electrons. The molecule has 2 aromatic rings. The first-order valence-electron chi connectivity index (χ1n) is 10.3. The van der Waals surface area contributed by atoms with Gasteiger partial charge in [-0.15, -0.1) is 0 Å². The molecular weight excluding hydrogens is 384 g/mol. The minimum absolute atomic E-state index is 0.0678. The Morgan fingerprint density at radius 3 is 2.43 bits per heavy atom. The summed E-state index contributed by atoms with van der Waals surface area (Å²) in [6.07, 6.45) is 4.07. The summed E-state index contributed by atoms with van der Waals surface area (Å²) in [4.78, 5) is 38.3. The maximum atomic E-state index is 12.7. The fraction of sp³-hybridized carbons (Fsp3) is 0.391. The first-order valence-corrected chi connectivity index (χ1v) is 10.3. The molecule has 0 aromatic heterocycles. The van der Waals surface area contributed by atoms with Gasteiger partial charge in [-0.25, -0.2) is 4.79 Å². The van der Waals surface area contributed by atoms with Gasteiger partial charge in [-0.2, -0.15) is 0 Å². The zero-order valence-corrected chi connectivity index (χ0v) is 16.9. The van der Waals surface area contributed by atoms with E-state index in [1.807, 2.05) is 17.0 Å². The molecule has 7 heteroatoms. The SMILES string of the molecule is C[C@@H](OC(=O)c1ccc(N2CCCC2)c([N+](=O)[O-])c1)C(=O)c1ccc2c(c1)CCC2. The van der Waals surface area contributed by atoms with Gasteiger partial charge in [0.05, 0.1) is 10.5 Å². The van der Waals surface area contributed by atoms with Crippen LogP contribution in [0.25, 0.3) is 0 Å². The van der Waals surface area contributed by atoms with E-state index in [2.05, 4.69) is 0 Å². The number of nitro groups is 1. The Hall–Kier alpha value is -3.22. The predicted molar refractivity (Wildman–Crippen MR) is 112 cm³/mol. The van der Waals surface area contributed by atoms with Crippen LogP contribution >= 0.6 is 0 Å². The zero-order chi connectivity index (χ0) is 21.3. The van der Waals surface area contributed by atoms with Crippen molar-refractivity contribution in [3.63, 3.8) is 0 Å². The lowest BCUT2D eigenvalue weighted by atomic mass is 10.0. The second kappa shape index (κ2) is 8.26. The van der Waals surface area contributed by atoms with Crippen LogP contribution < -0.4 is 4.90 Å². The van der Waals surface area contributed by atoms with Crippen molar-refractivity contribution in [1.29, 1.82) is 0 Å². The third-order valence-electron chi connectivity index (χ3n) is 5.89. The van der Waals surface area contributed by atoms with Crippen LogP contribution in [0.1, 0.15) is 58.0 Å². The number of nitrogens with zero attached hydrogens (tertiary/aromatic N) is 2. The number of carbonyl (C=O) groups excluding carboxylic acids is 2. The summed E-state index contributed by atoms with van der Waals surface area (Å²) >= 11 is 0. The molecule has 156 valence electrons. The van der Waals surface area contributed by atoms with Crippen molar-refractivity contribution in [2.45, 2.75) is 45.1 Å². The smallest absolute Gasteiger partial charge is 0.339 e. The van der Waals surface area contributed by atoms with Crippen molar-refractivity contribution in [1.82, 2.24) is 0 Å². The zero-order valence-electron chi connectivity index (χ0n) is 16.9. The Balaban J connectivity index is 1.49. The highest BCUT2D eigenvalue weighted by Gasteiger charge is 2.26. The number of Topliss-reactive ketones (excluding diaryl/α,β-unsaturated/α-hetero) is 1. The van der Waals surface area contributed by atoms with E-state index in [0.29, 0.717) is 11.3 Å².